The molecule has 0 saturated heterocycles. The molecule has 0 aliphatic carbocycles. The van der Waals surface area contributed by atoms with Gasteiger partial charge >= 0.3 is 0 Å². The third-order valence-corrected chi connectivity index (χ3v) is 3.49. The van der Waals surface area contributed by atoms with Gasteiger partial charge in [0, 0.05) is 16.8 Å². The molecule has 2 aromatic rings. The van der Waals surface area contributed by atoms with Gasteiger partial charge in [-0.25, -0.2) is 0 Å². The molecule has 0 saturated carbocycles. The van der Waals surface area contributed by atoms with Crippen LogP contribution in [0.25, 0.3) is 0 Å². The molecule has 0 bridgehead atoms. The van der Waals surface area contributed by atoms with Crippen molar-refractivity contribution in [3.63, 3.8) is 0 Å². The fourth-order valence-corrected chi connectivity index (χ4v) is 2.40. The number of halogens is 2. The van der Waals surface area contributed by atoms with Crippen molar-refractivity contribution in [2.75, 3.05) is 6.54 Å². The Labute approximate surface area is 118 Å². The molecule has 18 heavy (non-hydrogen) atoms. The van der Waals surface area contributed by atoms with Crippen molar-refractivity contribution in [3.8, 4) is 0 Å². The van der Waals surface area contributed by atoms with Gasteiger partial charge in [0.2, 0.25) is 0 Å². The molecule has 1 atom stereocenters. The van der Waals surface area contributed by atoms with E-state index in [-0.39, 0.29) is 6.04 Å². The molecule has 1 aromatic heterocycles. The second-order valence-electron chi connectivity index (χ2n) is 4.02. The Balaban J connectivity index is 1.94. The molecule has 92 valence electrons. The molecule has 3 rings (SSSR count). The van der Waals surface area contributed by atoms with Crippen molar-refractivity contribution >= 4 is 33.2 Å². The van der Waals surface area contributed by atoms with Gasteiger partial charge in [0.15, 0.2) is 0 Å². The topological polar surface area (TPSA) is 42.2 Å². The Morgan fingerprint density at radius 2 is 2.11 bits per heavy atom. The molecule has 0 amide bonds. The van der Waals surface area contributed by atoms with Crippen molar-refractivity contribution in [2.24, 2.45) is 5.10 Å². The lowest BCUT2D eigenvalue weighted by Gasteiger charge is -2.12. The maximum absolute atomic E-state index is 5.90. The first kappa shape index (κ1) is 11.7. The molecule has 4 nitrogen and oxygen atoms in total. The summed E-state index contributed by atoms with van der Waals surface area (Å²) in [5, 5.41) is 9.39. The van der Waals surface area contributed by atoms with Crippen LogP contribution in [0.1, 0.15) is 11.6 Å². The van der Waals surface area contributed by atoms with Gasteiger partial charge in [-0.05, 0) is 28.1 Å². The first-order chi connectivity index (χ1) is 8.74. The Morgan fingerprint density at radius 1 is 1.33 bits per heavy atom. The van der Waals surface area contributed by atoms with E-state index in [1.165, 1.54) is 0 Å². The predicted octanol–water partition coefficient (Wildman–Crippen LogP) is 2.85. The van der Waals surface area contributed by atoms with Gasteiger partial charge in [0.25, 0.3) is 0 Å². The Kier molecular flexibility index (Phi) is 3.09. The molecule has 1 aliphatic heterocycles. The van der Waals surface area contributed by atoms with Crippen molar-refractivity contribution in [3.05, 3.63) is 51.7 Å². The van der Waals surface area contributed by atoms with Crippen LogP contribution in [0.15, 0.2) is 46.2 Å². The summed E-state index contributed by atoms with van der Waals surface area (Å²) in [7, 11) is 0. The minimum absolute atomic E-state index is 0.109. The van der Waals surface area contributed by atoms with E-state index in [0.717, 1.165) is 27.3 Å². The van der Waals surface area contributed by atoms with Crippen molar-refractivity contribution in [1.29, 1.82) is 0 Å². The number of rotatable bonds is 2. The molecule has 0 radical (unpaired) electrons. The molecule has 1 aliphatic rings. The summed E-state index contributed by atoms with van der Waals surface area (Å²) >= 11 is 9.30. The number of nitrogens with zero attached hydrogens (tertiary/aromatic N) is 3. The average Bonchev–Trinajstić information content (AvgIpc) is 2.98. The van der Waals surface area contributed by atoms with Crippen LogP contribution < -0.4 is 5.43 Å². The smallest absolute Gasteiger partial charge is 0.115 e. The molecule has 1 unspecified atom stereocenters. The molecular weight excluding hydrogens is 316 g/mol. The van der Waals surface area contributed by atoms with Crippen molar-refractivity contribution in [1.82, 2.24) is 15.2 Å². The van der Waals surface area contributed by atoms with Crippen LogP contribution in [0.2, 0.25) is 5.02 Å². The maximum Gasteiger partial charge on any atom is 0.115 e. The van der Waals surface area contributed by atoms with Gasteiger partial charge in [-0.3, -0.25) is 4.68 Å². The number of aromatic nitrogens is 2. The average molecular weight is 326 g/mol. The number of hydrazone groups is 1. The predicted molar refractivity (Wildman–Crippen MR) is 75.0 cm³/mol. The summed E-state index contributed by atoms with van der Waals surface area (Å²) in [4.78, 5) is 0. The minimum atomic E-state index is 0.109. The molecule has 0 fully saturated rings. The highest BCUT2D eigenvalue weighted by Crippen LogP contribution is 2.21. The monoisotopic (exact) mass is 324 g/mol. The Hall–Kier alpha value is -1.33. The van der Waals surface area contributed by atoms with E-state index in [1.54, 1.807) is 6.20 Å². The lowest BCUT2D eigenvalue weighted by atomic mass is 10.0. The highest BCUT2D eigenvalue weighted by Gasteiger charge is 2.25. The zero-order valence-electron chi connectivity index (χ0n) is 9.35. The van der Waals surface area contributed by atoms with Gasteiger partial charge in [0.1, 0.15) is 6.04 Å². The lowest BCUT2D eigenvalue weighted by molar-refractivity contribution is 0.561. The number of hydrogen-bond donors (Lipinski definition) is 1. The Morgan fingerprint density at radius 3 is 2.78 bits per heavy atom. The molecule has 1 N–H and O–H groups in total. The van der Waals surface area contributed by atoms with Gasteiger partial charge in [-0.1, -0.05) is 23.7 Å². The zero-order valence-corrected chi connectivity index (χ0v) is 11.7. The van der Waals surface area contributed by atoms with Gasteiger partial charge in [-0.15, -0.1) is 0 Å². The minimum Gasteiger partial charge on any atom is -0.307 e. The summed E-state index contributed by atoms with van der Waals surface area (Å²) in [5.74, 6) is 0. The summed E-state index contributed by atoms with van der Waals surface area (Å²) in [6, 6.07) is 7.79. The SMILES string of the molecule is Clc1ccc(C2=NNCC2n2cc(Br)cn2)cc1. The van der Waals surface area contributed by atoms with Crippen LogP contribution in [0.3, 0.4) is 0 Å². The van der Waals surface area contributed by atoms with Crippen LogP contribution in [0.4, 0.5) is 0 Å². The number of hydrogen-bond acceptors (Lipinski definition) is 3. The zero-order chi connectivity index (χ0) is 12.5. The summed E-state index contributed by atoms with van der Waals surface area (Å²) in [6.45, 7) is 0.742. The second-order valence-corrected chi connectivity index (χ2v) is 5.37. The van der Waals surface area contributed by atoms with Crippen LogP contribution in [-0.2, 0) is 0 Å². The first-order valence-electron chi connectivity index (χ1n) is 5.50. The normalized spacial score (nSPS) is 18.6. The van der Waals surface area contributed by atoms with E-state index in [4.69, 9.17) is 11.6 Å². The highest BCUT2D eigenvalue weighted by molar-refractivity contribution is 9.10. The third-order valence-electron chi connectivity index (χ3n) is 2.83. The van der Waals surface area contributed by atoms with Crippen LogP contribution in [-0.4, -0.2) is 22.0 Å². The van der Waals surface area contributed by atoms with E-state index in [1.807, 2.05) is 35.1 Å². The van der Waals surface area contributed by atoms with Gasteiger partial charge < -0.3 is 5.43 Å². The Bertz CT molecular complexity index is 590. The van der Waals surface area contributed by atoms with Crippen molar-refractivity contribution < 1.29 is 0 Å². The first-order valence-corrected chi connectivity index (χ1v) is 6.67. The summed E-state index contributed by atoms with van der Waals surface area (Å²) in [6.07, 6.45) is 3.72. The van der Waals surface area contributed by atoms with E-state index >= 15 is 0 Å². The highest BCUT2D eigenvalue weighted by atomic mass is 79.9. The summed E-state index contributed by atoms with van der Waals surface area (Å²) < 4.78 is 2.86. The van der Waals surface area contributed by atoms with Gasteiger partial charge in [-0.2, -0.15) is 10.2 Å². The summed E-state index contributed by atoms with van der Waals surface area (Å²) in [5.41, 5.74) is 5.05. The van der Waals surface area contributed by atoms with E-state index in [0.29, 0.717) is 0 Å². The quantitative estimate of drug-likeness (QED) is 0.922. The van der Waals surface area contributed by atoms with Crippen LogP contribution in [0.5, 0.6) is 0 Å². The third kappa shape index (κ3) is 2.15. The van der Waals surface area contributed by atoms with E-state index < -0.39 is 0 Å². The molecule has 6 heteroatoms. The fourth-order valence-electron chi connectivity index (χ4n) is 1.97. The lowest BCUT2D eigenvalue weighted by Crippen LogP contribution is -2.21. The van der Waals surface area contributed by atoms with E-state index in [9.17, 15) is 0 Å². The van der Waals surface area contributed by atoms with Crippen molar-refractivity contribution in [2.45, 2.75) is 6.04 Å². The maximum atomic E-state index is 5.90. The largest absolute Gasteiger partial charge is 0.307 e. The van der Waals surface area contributed by atoms with Crippen LogP contribution >= 0.6 is 27.5 Å². The molecule has 0 spiro atoms. The molecule has 2 heterocycles. The standard InChI is InChI=1S/C12H10BrClN4/c13-9-5-16-18(7-9)11-6-15-17-12(11)8-1-3-10(14)4-2-8/h1-5,7,11,15H,6H2. The van der Waals surface area contributed by atoms with Gasteiger partial charge in [0.05, 0.1) is 22.9 Å². The van der Waals surface area contributed by atoms with Crippen LogP contribution in [0, 0.1) is 0 Å². The second kappa shape index (κ2) is 4.74. The van der Waals surface area contributed by atoms with E-state index in [2.05, 4.69) is 31.6 Å². The fraction of sp³-hybridized carbons (Fsp3) is 0.167. The molecule has 1 aromatic carbocycles. The molecular formula is C12H10BrClN4. The number of benzene rings is 1. The number of nitrogens with one attached hydrogen (secondary N) is 1.